The van der Waals surface area contributed by atoms with Crippen LogP contribution >= 0.6 is 11.6 Å². The standard InChI is InChI=1S/C11H11ClFNO3/c1-5-3-4-7(9(13)8(5)12)10(15)14-6(2)11(16)17/h3-4,6H,1-2H3,(H,14,15)(H,16,17). The molecule has 0 radical (unpaired) electrons. The molecule has 1 unspecified atom stereocenters. The number of halogens is 2. The number of carbonyl (C=O) groups is 2. The fourth-order valence-electron chi connectivity index (χ4n) is 1.16. The quantitative estimate of drug-likeness (QED) is 0.872. The van der Waals surface area contributed by atoms with Gasteiger partial charge >= 0.3 is 5.97 Å². The van der Waals surface area contributed by atoms with Gasteiger partial charge in [-0.1, -0.05) is 17.7 Å². The highest BCUT2D eigenvalue weighted by Gasteiger charge is 2.19. The Bertz CT molecular complexity index is 476. The SMILES string of the molecule is Cc1ccc(C(=O)NC(C)C(=O)O)c(F)c1Cl. The van der Waals surface area contributed by atoms with Gasteiger partial charge in [0.2, 0.25) is 0 Å². The Labute approximate surface area is 102 Å². The minimum Gasteiger partial charge on any atom is -0.480 e. The lowest BCUT2D eigenvalue weighted by Gasteiger charge is -2.11. The summed E-state index contributed by atoms with van der Waals surface area (Å²) in [7, 11) is 0. The molecule has 0 heterocycles. The number of aryl methyl sites for hydroxylation is 1. The lowest BCUT2D eigenvalue weighted by atomic mass is 10.1. The van der Waals surface area contributed by atoms with Gasteiger partial charge in [-0.25, -0.2) is 4.39 Å². The third-order valence-corrected chi connectivity index (χ3v) is 2.70. The lowest BCUT2D eigenvalue weighted by molar-refractivity contribution is -0.138. The summed E-state index contributed by atoms with van der Waals surface area (Å²) in [5, 5.41) is 10.6. The molecule has 2 N–H and O–H groups in total. The predicted molar refractivity (Wildman–Crippen MR) is 60.7 cm³/mol. The molecule has 1 amide bonds. The molecule has 1 aromatic rings. The van der Waals surface area contributed by atoms with Crippen molar-refractivity contribution < 1.29 is 19.1 Å². The van der Waals surface area contributed by atoms with Crippen LogP contribution < -0.4 is 5.32 Å². The molecular weight excluding hydrogens is 249 g/mol. The van der Waals surface area contributed by atoms with Gasteiger partial charge in [-0.15, -0.1) is 0 Å². The van der Waals surface area contributed by atoms with Crippen molar-refractivity contribution in [3.63, 3.8) is 0 Å². The molecule has 0 aliphatic carbocycles. The first-order chi connectivity index (χ1) is 7.84. The zero-order valence-electron chi connectivity index (χ0n) is 9.25. The number of benzene rings is 1. The summed E-state index contributed by atoms with van der Waals surface area (Å²) < 4.78 is 13.6. The number of carboxylic acid groups (broad SMARTS) is 1. The smallest absolute Gasteiger partial charge is 0.325 e. The van der Waals surface area contributed by atoms with E-state index in [2.05, 4.69) is 5.32 Å². The van der Waals surface area contributed by atoms with Crippen molar-refractivity contribution in [1.29, 1.82) is 0 Å². The van der Waals surface area contributed by atoms with Crippen molar-refractivity contribution in [2.45, 2.75) is 19.9 Å². The van der Waals surface area contributed by atoms with Gasteiger partial charge in [0.1, 0.15) is 6.04 Å². The molecule has 6 heteroatoms. The van der Waals surface area contributed by atoms with Gasteiger partial charge in [-0.3, -0.25) is 9.59 Å². The van der Waals surface area contributed by atoms with Crippen LogP contribution in [0.1, 0.15) is 22.8 Å². The Balaban J connectivity index is 2.98. The van der Waals surface area contributed by atoms with Crippen LogP contribution in [0.5, 0.6) is 0 Å². The van der Waals surface area contributed by atoms with Crippen LogP contribution in [0.25, 0.3) is 0 Å². The van der Waals surface area contributed by atoms with Crippen LogP contribution in [0.4, 0.5) is 4.39 Å². The van der Waals surface area contributed by atoms with Gasteiger partial charge in [0.25, 0.3) is 5.91 Å². The van der Waals surface area contributed by atoms with E-state index in [1.807, 2.05) is 0 Å². The molecule has 0 saturated heterocycles. The first-order valence-corrected chi connectivity index (χ1v) is 5.20. The number of amides is 1. The second-order valence-corrected chi connectivity index (χ2v) is 3.97. The minimum atomic E-state index is -1.20. The van der Waals surface area contributed by atoms with Gasteiger partial charge in [-0.05, 0) is 25.5 Å². The van der Waals surface area contributed by atoms with E-state index in [0.717, 1.165) is 0 Å². The number of carbonyl (C=O) groups excluding carboxylic acids is 1. The summed E-state index contributed by atoms with van der Waals surface area (Å²) in [6.45, 7) is 2.89. The van der Waals surface area contributed by atoms with E-state index >= 15 is 0 Å². The largest absolute Gasteiger partial charge is 0.480 e. The summed E-state index contributed by atoms with van der Waals surface area (Å²) in [6, 6.07) is 1.66. The highest BCUT2D eigenvalue weighted by molar-refractivity contribution is 6.31. The van der Waals surface area contributed by atoms with Crippen molar-refractivity contribution in [3.05, 3.63) is 34.1 Å². The first-order valence-electron chi connectivity index (χ1n) is 4.83. The van der Waals surface area contributed by atoms with Crippen molar-refractivity contribution in [1.82, 2.24) is 5.32 Å². The summed E-state index contributed by atoms with van der Waals surface area (Å²) in [5.74, 6) is -2.85. The maximum atomic E-state index is 13.6. The van der Waals surface area contributed by atoms with Crippen LogP contribution in [0.3, 0.4) is 0 Å². The van der Waals surface area contributed by atoms with Gasteiger partial charge in [0.15, 0.2) is 5.82 Å². The van der Waals surface area contributed by atoms with Crippen molar-refractivity contribution in [2.75, 3.05) is 0 Å². The van der Waals surface area contributed by atoms with Gasteiger partial charge in [0.05, 0.1) is 10.6 Å². The Morgan fingerprint density at radius 1 is 1.47 bits per heavy atom. The van der Waals surface area contributed by atoms with E-state index in [9.17, 15) is 14.0 Å². The van der Waals surface area contributed by atoms with Crippen LogP contribution in [-0.4, -0.2) is 23.0 Å². The highest BCUT2D eigenvalue weighted by Crippen LogP contribution is 2.22. The molecule has 0 saturated carbocycles. The fraction of sp³-hybridized carbons (Fsp3) is 0.273. The molecule has 0 fully saturated rings. The zero-order valence-corrected chi connectivity index (χ0v) is 10.0. The molecule has 1 atom stereocenters. The molecule has 0 aliphatic heterocycles. The Morgan fingerprint density at radius 3 is 2.59 bits per heavy atom. The maximum absolute atomic E-state index is 13.6. The van der Waals surface area contributed by atoms with Gasteiger partial charge in [-0.2, -0.15) is 0 Å². The van der Waals surface area contributed by atoms with Gasteiger partial charge < -0.3 is 10.4 Å². The third-order valence-electron chi connectivity index (χ3n) is 2.24. The van der Waals surface area contributed by atoms with E-state index in [4.69, 9.17) is 16.7 Å². The van der Waals surface area contributed by atoms with Crippen LogP contribution in [0.2, 0.25) is 5.02 Å². The van der Waals surface area contributed by atoms with Crippen molar-refractivity contribution in [2.24, 2.45) is 0 Å². The number of carboxylic acids is 1. The summed E-state index contributed by atoms with van der Waals surface area (Å²) in [5.41, 5.74) is 0.237. The molecule has 92 valence electrons. The maximum Gasteiger partial charge on any atom is 0.325 e. The summed E-state index contributed by atoms with van der Waals surface area (Å²) in [6.07, 6.45) is 0. The second kappa shape index (κ2) is 5.14. The lowest BCUT2D eigenvalue weighted by Crippen LogP contribution is -2.38. The van der Waals surface area contributed by atoms with Crippen molar-refractivity contribution in [3.8, 4) is 0 Å². The molecule has 0 spiro atoms. The monoisotopic (exact) mass is 259 g/mol. The molecule has 1 aromatic carbocycles. The normalized spacial score (nSPS) is 12.0. The van der Waals surface area contributed by atoms with Crippen molar-refractivity contribution >= 4 is 23.5 Å². The third kappa shape index (κ3) is 2.94. The Morgan fingerprint density at radius 2 is 2.06 bits per heavy atom. The molecule has 0 bridgehead atoms. The second-order valence-electron chi connectivity index (χ2n) is 3.59. The van der Waals surface area contributed by atoms with E-state index in [1.54, 1.807) is 6.92 Å². The zero-order chi connectivity index (χ0) is 13.2. The number of nitrogens with one attached hydrogen (secondary N) is 1. The van der Waals surface area contributed by atoms with Crippen LogP contribution in [-0.2, 0) is 4.79 Å². The van der Waals surface area contributed by atoms with Crippen LogP contribution in [0.15, 0.2) is 12.1 Å². The minimum absolute atomic E-state index is 0.138. The summed E-state index contributed by atoms with van der Waals surface area (Å²) in [4.78, 5) is 22.1. The molecule has 1 rings (SSSR count). The number of hydrogen-bond acceptors (Lipinski definition) is 2. The number of hydrogen-bond donors (Lipinski definition) is 2. The first kappa shape index (κ1) is 13.4. The molecule has 0 aliphatic rings. The molecule has 4 nitrogen and oxygen atoms in total. The topological polar surface area (TPSA) is 66.4 Å². The fourth-order valence-corrected chi connectivity index (χ4v) is 1.32. The van der Waals surface area contributed by atoms with E-state index in [1.165, 1.54) is 19.1 Å². The molecule has 17 heavy (non-hydrogen) atoms. The number of rotatable bonds is 3. The van der Waals surface area contributed by atoms with Crippen LogP contribution in [0, 0.1) is 12.7 Å². The number of aliphatic carboxylic acids is 1. The average Bonchev–Trinajstić information content (AvgIpc) is 2.25. The Hall–Kier alpha value is -1.62. The van der Waals surface area contributed by atoms with E-state index in [-0.39, 0.29) is 10.6 Å². The molecular formula is C11H11ClFNO3. The van der Waals surface area contributed by atoms with E-state index in [0.29, 0.717) is 5.56 Å². The van der Waals surface area contributed by atoms with Gasteiger partial charge in [0, 0.05) is 0 Å². The summed E-state index contributed by atoms with van der Waals surface area (Å²) >= 11 is 5.65. The van der Waals surface area contributed by atoms with E-state index < -0.39 is 23.7 Å². The average molecular weight is 260 g/mol. The highest BCUT2D eigenvalue weighted by atomic mass is 35.5. The predicted octanol–water partition coefficient (Wildman–Crippen LogP) is 1.99. The Kier molecular flexibility index (Phi) is 4.07. The molecule has 0 aromatic heterocycles.